The molecule has 2 aromatic heterocycles. The average Bonchev–Trinajstić information content (AvgIpc) is 3.14. The summed E-state index contributed by atoms with van der Waals surface area (Å²) in [5.41, 5.74) is 5.80. The van der Waals surface area contributed by atoms with Crippen LogP contribution >= 0.6 is 0 Å². The van der Waals surface area contributed by atoms with Gasteiger partial charge in [-0.2, -0.15) is 4.98 Å². The van der Waals surface area contributed by atoms with E-state index in [9.17, 15) is 15.0 Å². The van der Waals surface area contributed by atoms with Crippen molar-refractivity contribution >= 4 is 17.1 Å². The summed E-state index contributed by atoms with van der Waals surface area (Å²) in [7, 11) is 0. The highest BCUT2D eigenvalue weighted by molar-refractivity contribution is 5.71. The molecule has 19 heavy (non-hydrogen) atoms. The lowest BCUT2D eigenvalue weighted by Gasteiger charge is -2.08. The number of nitrogens with zero attached hydrogens (tertiary/aromatic N) is 4. The second-order valence-corrected chi connectivity index (χ2v) is 4.76. The van der Waals surface area contributed by atoms with Crippen molar-refractivity contribution in [2.24, 2.45) is 5.92 Å². The van der Waals surface area contributed by atoms with Gasteiger partial charge in [-0.3, -0.25) is 13.9 Å². The minimum atomic E-state index is -0.434. The molecular weight excluding hydrogens is 250 g/mol. The number of nitrogen functional groups attached to an aromatic ring is 1. The Balaban J connectivity index is 2.25. The third-order valence-electron chi connectivity index (χ3n) is 3.39. The molecule has 0 saturated heterocycles. The van der Waals surface area contributed by atoms with Gasteiger partial charge in [-0.25, -0.2) is 4.98 Å². The summed E-state index contributed by atoms with van der Waals surface area (Å²) in [6.45, 7) is -0.270. The van der Waals surface area contributed by atoms with E-state index in [0.717, 1.165) is 12.8 Å². The summed E-state index contributed by atoms with van der Waals surface area (Å²) in [6, 6.07) is 0. The van der Waals surface area contributed by atoms with E-state index in [-0.39, 0.29) is 35.1 Å². The number of rotatable bonds is 4. The Morgan fingerprint density at radius 1 is 1.26 bits per heavy atom. The molecule has 102 valence electrons. The lowest BCUT2D eigenvalue weighted by Crippen LogP contribution is -2.27. The molecule has 0 spiro atoms. The van der Waals surface area contributed by atoms with E-state index in [1.807, 2.05) is 0 Å². The van der Waals surface area contributed by atoms with E-state index in [1.54, 1.807) is 0 Å². The van der Waals surface area contributed by atoms with Crippen molar-refractivity contribution < 1.29 is 10.2 Å². The fourth-order valence-corrected chi connectivity index (χ4v) is 2.18. The minimum absolute atomic E-state index is 0.122. The molecule has 0 radical (unpaired) electrons. The van der Waals surface area contributed by atoms with Crippen molar-refractivity contribution in [1.29, 1.82) is 0 Å². The fourth-order valence-electron chi connectivity index (χ4n) is 2.18. The largest absolute Gasteiger partial charge is 0.388 e. The number of fused-ring (bicyclic) bond motifs is 1. The van der Waals surface area contributed by atoms with Gasteiger partial charge in [0.2, 0.25) is 5.95 Å². The van der Waals surface area contributed by atoms with Gasteiger partial charge in [-0.1, -0.05) is 0 Å². The van der Waals surface area contributed by atoms with Crippen LogP contribution < -0.4 is 11.3 Å². The van der Waals surface area contributed by atoms with Crippen LogP contribution in [0.4, 0.5) is 5.95 Å². The quantitative estimate of drug-likeness (QED) is 0.654. The lowest BCUT2D eigenvalue weighted by molar-refractivity contribution is 0.194. The molecule has 8 heteroatoms. The molecule has 8 nitrogen and oxygen atoms in total. The van der Waals surface area contributed by atoms with Crippen molar-refractivity contribution in [3.8, 4) is 0 Å². The van der Waals surface area contributed by atoms with Gasteiger partial charge in [0.05, 0.1) is 0 Å². The first-order valence-corrected chi connectivity index (χ1v) is 6.12. The summed E-state index contributed by atoms with van der Waals surface area (Å²) < 4.78 is 2.67. The number of hydrogen-bond donors (Lipinski definition) is 3. The molecule has 1 saturated carbocycles. The van der Waals surface area contributed by atoms with E-state index in [0.29, 0.717) is 12.5 Å². The monoisotopic (exact) mass is 265 g/mol. The molecule has 0 bridgehead atoms. The van der Waals surface area contributed by atoms with Crippen LogP contribution in [0, 0.1) is 5.92 Å². The molecule has 1 aliphatic carbocycles. The minimum Gasteiger partial charge on any atom is -0.388 e. The topological polar surface area (TPSA) is 119 Å². The molecule has 0 aromatic carbocycles. The Morgan fingerprint density at radius 3 is 2.58 bits per heavy atom. The SMILES string of the molecule is Nc1nc2nc(CO)n(CO)c2c(=O)n1CC1CC1. The highest BCUT2D eigenvalue weighted by Crippen LogP contribution is 2.30. The third-order valence-corrected chi connectivity index (χ3v) is 3.39. The Morgan fingerprint density at radius 2 is 2.00 bits per heavy atom. The van der Waals surface area contributed by atoms with Crippen molar-refractivity contribution in [3.63, 3.8) is 0 Å². The number of nitrogens with two attached hydrogens (primary N) is 1. The van der Waals surface area contributed by atoms with Gasteiger partial charge in [-0.15, -0.1) is 0 Å². The smallest absolute Gasteiger partial charge is 0.281 e. The number of hydrogen-bond acceptors (Lipinski definition) is 6. The first-order chi connectivity index (χ1) is 9.15. The number of aliphatic hydroxyl groups excluding tert-OH is 2. The second-order valence-electron chi connectivity index (χ2n) is 4.76. The van der Waals surface area contributed by atoms with E-state index >= 15 is 0 Å². The molecule has 4 N–H and O–H groups in total. The Kier molecular flexibility index (Phi) is 2.76. The fraction of sp³-hybridized carbons (Fsp3) is 0.545. The van der Waals surface area contributed by atoms with Crippen LogP contribution in [-0.4, -0.2) is 29.3 Å². The molecule has 0 amide bonds. The van der Waals surface area contributed by atoms with Crippen LogP contribution in [0.2, 0.25) is 0 Å². The molecule has 2 heterocycles. The van der Waals surface area contributed by atoms with E-state index in [4.69, 9.17) is 5.73 Å². The number of aliphatic hydroxyl groups is 2. The molecule has 0 unspecified atom stereocenters. The van der Waals surface area contributed by atoms with Crippen molar-refractivity contribution in [3.05, 3.63) is 16.2 Å². The maximum Gasteiger partial charge on any atom is 0.281 e. The van der Waals surface area contributed by atoms with Crippen LogP contribution in [0.15, 0.2) is 4.79 Å². The maximum absolute atomic E-state index is 12.4. The normalized spacial score (nSPS) is 15.3. The van der Waals surface area contributed by atoms with Gasteiger partial charge in [0.25, 0.3) is 5.56 Å². The Hall–Kier alpha value is -1.93. The Labute approximate surface area is 108 Å². The van der Waals surface area contributed by atoms with E-state index in [2.05, 4.69) is 9.97 Å². The molecule has 3 rings (SSSR count). The lowest BCUT2D eigenvalue weighted by atomic mass is 10.4. The van der Waals surface area contributed by atoms with Crippen LogP contribution in [-0.2, 0) is 19.9 Å². The number of anilines is 1. The average molecular weight is 265 g/mol. The summed E-state index contributed by atoms with van der Waals surface area (Å²) in [5, 5.41) is 18.5. The molecule has 1 fully saturated rings. The third kappa shape index (κ3) is 1.89. The maximum atomic E-state index is 12.4. The predicted octanol–water partition coefficient (Wildman–Crippen LogP) is -0.973. The zero-order valence-electron chi connectivity index (χ0n) is 10.3. The standard InChI is InChI=1S/C11H15N5O3/c12-11-14-9-8(16(5-18)7(4-17)13-9)10(19)15(11)3-6-1-2-6/h6,17-18H,1-5H2,(H2,12,14). The van der Waals surface area contributed by atoms with Crippen LogP contribution in [0.3, 0.4) is 0 Å². The summed E-state index contributed by atoms with van der Waals surface area (Å²) in [5.74, 6) is 0.796. The zero-order chi connectivity index (χ0) is 13.6. The second kappa shape index (κ2) is 4.32. The molecule has 1 aliphatic rings. The van der Waals surface area contributed by atoms with E-state index < -0.39 is 6.73 Å². The van der Waals surface area contributed by atoms with Crippen LogP contribution in [0.25, 0.3) is 11.2 Å². The van der Waals surface area contributed by atoms with Crippen molar-refractivity contribution in [2.75, 3.05) is 5.73 Å². The molecule has 0 aliphatic heterocycles. The first-order valence-electron chi connectivity index (χ1n) is 6.12. The van der Waals surface area contributed by atoms with E-state index in [1.165, 1.54) is 9.13 Å². The van der Waals surface area contributed by atoms with Gasteiger partial charge in [0.15, 0.2) is 11.2 Å². The van der Waals surface area contributed by atoms with Gasteiger partial charge in [0, 0.05) is 6.54 Å². The van der Waals surface area contributed by atoms with Crippen molar-refractivity contribution in [2.45, 2.75) is 32.7 Å². The van der Waals surface area contributed by atoms with Crippen molar-refractivity contribution in [1.82, 2.24) is 19.1 Å². The van der Waals surface area contributed by atoms with Gasteiger partial charge < -0.3 is 15.9 Å². The molecular formula is C11H15N5O3. The van der Waals surface area contributed by atoms with Crippen LogP contribution in [0.1, 0.15) is 18.7 Å². The zero-order valence-corrected chi connectivity index (χ0v) is 10.3. The van der Waals surface area contributed by atoms with Gasteiger partial charge in [0.1, 0.15) is 19.2 Å². The van der Waals surface area contributed by atoms with Gasteiger partial charge >= 0.3 is 0 Å². The van der Waals surface area contributed by atoms with Crippen LogP contribution in [0.5, 0.6) is 0 Å². The summed E-state index contributed by atoms with van der Waals surface area (Å²) in [4.78, 5) is 20.5. The number of imidazole rings is 1. The highest BCUT2D eigenvalue weighted by Gasteiger charge is 2.25. The summed E-state index contributed by atoms with van der Waals surface area (Å²) in [6.07, 6.45) is 2.18. The molecule has 2 aromatic rings. The summed E-state index contributed by atoms with van der Waals surface area (Å²) >= 11 is 0. The highest BCUT2D eigenvalue weighted by atomic mass is 16.3. The van der Waals surface area contributed by atoms with Gasteiger partial charge in [-0.05, 0) is 18.8 Å². The Bertz CT molecular complexity index is 686. The molecule has 0 atom stereocenters. The predicted molar refractivity (Wildman–Crippen MR) is 67.1 cm³/mol. The first kappa shape index (κ1) is 12.1. The number of aromatic nitrogens is 4.